The molecule has 1 unspecified atom stereocenters. The van der Waals surface area contributed by atoms with Crippen LogP contribution in [0.5, 0.6) is 0 Å². The van der Waals surface area contributed by atoms with Gasteiger partial charge in [0, 0.05) is 16.6 Å². The quantitative estimate of drug-likeness (QED) is 0.783. The number of hydrogen-bond acceptors (Lipinski definition) is 3. The zero-order valence-electron chi connectivity index (χ0n) is 11.1. The summed E-state index contributed by atoms with van der Waals surface area (Å²) >= 11 is 3.37. The van der Waals surface area contributed by atoms with Crippen molar-refractivity contribution in [1.29, 1.82) is 0 Å². The summed E-state index contributed by atoms with van der Waals surface area (Å²) in [6, 6.07) is 9.41. The number of rotatable bonds is 5. The maximum absolute atomic E-state index is 11.9. The van der Waals surface area contributed by atoms with Gasteiger partial charge in [0.05, 0.1) is 11.8 Å². The number of hydrogen-bond donors (Lipinski definition) is 3. The molecule has 1 aromatic carbocycles. The van der Waals surface area contributed by atoms with Gasteiger partial charge >= 0.3 is 0 Å². The molecule has 0 bridgehead atoms. The Hall–Kier alpha value is -1.66. The van der Waals surface area contributed by atoms with Crippen LogP contribution in [-0.2, 0) is 0 Å². The maximum atomic E-state index is 11.9. The smallest absolute Gasteiger partial charge is 0.269 e. The second-order valence-electron chi connectivity index (χ2n) is 4.57. The molecule has 0 saturated carbocycles. The van der Waals surface area contributed by atoms with E-state index in [9.17, 15) is 4.79 Å². The van der Waals surface area contributed by atoms with Gasteiger partial charge in [-0.25, -0.2) is 0 Å². The molecule has 0 spiro atoms. The van der Waals surface area contributed by atoms with E-state index in [-0.39, 0.29) is 5.91 Å². The van der Waals surface area contributed by atoms with E-state index in [1.165, 1.54) is 0 Å². The van der Waals surface area contributed by atoms with E-state index in [4.69, 9.17) is 5.11 Å². The summed E-state index contributed by atoms with van der Waals surface area (Å²) in [6.45, 7) is 2.12. The summed E-state index contributed by atoms with van der Waals surface area (Å²) in [6.07, 6.45) is 0.106. The number of aliphatic hydroxyl groups is 1. The van der Waals surface area contributed by atoms with Gasteiger partial charge in [0.15, 0.2) is 0 Å². The molecule has 0 aliphatic rings. The number of H-pyrrole nitrogens is 1. The topological polar surface area (TPSA) is 78.0 Å². The number of carbonyl (C=O) groups is 1. The molecule has 1 atom stereocenters. The van der Waals surface area contributed by atoms with E-state index in [0.717, 1.165) is 15.7 Å². The van der Waals surface area contributed by atoms with E-state index >= 15 is 0 Å². The molecular formula is C14H16BrN3O2. The molecule has 0 saturated heterocycles. The number of aliphatic hydroxyl groups excluding tert-OH is 1. The number of nitrogens with one attached hydrogen (secondary N) is 2. The molecule has 2 rings (SSSR count). The molecule has 5 nitrogen and oxygen atoms in total. The summed E-state index contributed by atoms with van der Waals surface area (Å²) < 4.78 is 0.993. The molecule has 20 heavy (non-hydrogen) atoms. The van der Waals surface area contributed by atoms with Gasteiger partial charge in [0.2, 0.25) is 0 Å². The third-order valence-electron chi connectivity index (χ3n) is 2.81. The Bertz CT molecular complexity index is 578. The van der Waals surface area contributed by atoms with Crippen LogP contribution in [0.15, 0.2) is 34.8 Å². The average Bonchev–Trinajstić information content (AvgIpc) is 2.88. The third-order valence-corrected chi connectivity index (χ3v) is 3.34. The van der Waals surface area contributed by atoms with Crippen molar-refractivity contribution in [1.82, 2.24) is 15.5 Å². The highest BCUT2D eigenvalue weighted by Crippen LogP contribution is 2.20. The van der Waals surface area contributed by atoms with Crippen LogP contribution in [0.4, 0.5) is 0 Å². The lowest BCUT2D eigenvalue weighted by Gasteiger charge is -2.04. The normalized spacial score (nSPS) is 12.2. The molecule has 0 fully saturated rings. The number of aromatic nitrogens is 2. The predicted octanol–water partition coefficient (Wildman–Crippen LogP) is 2.34. The first-order chi connectivity index (χ1) is 9.56. The number of aromatic amines is 1. The van der Waals surface area contributed by atoms with Crippen molar-refractivity contribution in [2.45, 2.75) is 19.4 Å². The van der Waals surface area contributed by atoms with E-state index < -0.39 is 6.10 Å². The van der Waals surface area contributed by atoms with Crippen LogP contribution in [0, 0.1) is 0 Å². The van der Waals surface area contributed by atoms with Gasteiger partial charge in [-0.3, -0.25) is 9.89 Å². The summed E-state index contributed by atoms with van der Waals surface area (Å²) in [5.41, 5.74) is 2.07. The Labute approximate surface area is 125 Å². The van der Waals surface area contributed by atoms with Gasteiger partial charge in [0.1, 0.15) is 5.69 Å². The van der Waals surface area contributed by atoms with Gasteiger partial charge in [-0.1, -0.05) is 28.1 Å². The lowest BCUT2D eigenvalue weighted by Crippen LogP contribution is -2.26. The van der Waals surface area contributed by atoms with Crippen molar-refractivity contribution in [2.24, 2.45) is 0 Å². The van der Waals surface area contributed by atoms with Crippen molar-refractivity contribution < 1.29 is 9.90 Å². The Morgan fingerprint density at radius 2 is 2.15 bits per heavy atom. The summed E-state index contributed by atoms with van der Waals surface area (Å²) in [5, 5.41) is 18.7. The van der Waals surface area contributed by atoms with Crippen molar-refractivity contribution in [3.63, 3.8) is 0 Å². The molecule has 1 amide bonds. The number of halogens is 1. The van der Waals surface area contributed by atoms with E-state index in [0.29, 0.717) is 18.7 Å². The Morgan fingerprint density at radius 3 is 2.80 bits per heavy atom. The van der Waals surface area contributed by atoms with Crippen LogP contribution in [-0.4, -0.2) is 33.9 Å². The Morgan fingerprint density at radius 1 is 1.45 bits per heavy atom. The van der Waals surface area contributed by atoms with Gasteiger partial charge in [-0.05, 0) is 31.5 Å². The SMILES string of the molecule is CC(O)CCNC(=O)c1cc(-c2ccc(Br)cc2)n[nH]1. The lowest BCUT2D eigenvalue weighted by molar-refractivity contribution is 0.0940. The van der Waals surface area contributed by atoms with Crippen LogP contribution >= 0.6 is 15.9 Å². The van der Waals surface area contributed by atoms with Crippen LogP contribution in [0.25, 0.3) is 11.3 Å². The number of benzene rings is 1. The zero-order valence-corrected chi connectivity index (χ0v) is 12.6. The molecule has 0 aliphatic heterocycles. The molecule has 0 radical (unpaired) electrons. The predicted molar refractivity (Wildman–Crippen MR) is 80.4 cm³/mol. The molecular weight excluding hydrogens is 322 g/mol. The summed E-state index contributed by atoms with van der Waals surface area (Å²) in [4.78, 5) is 11.9. The molecule has 0 aliphatic carbocycles. The number of nitrogens with zero attached hydrogens (tertiary/aromatic N) is 1. The highest BCUT2D eigenvalue weighted by molar-refractivity contribution is 9.10. The van der Waals surface area contributed by atoms with Crippen LogP contribution < -0.4 is 5.32 Å². The molecule has 1 heterocycles. The van der Waals surface area contributed by atoms with Crippen LogP contribution in [0.3, 0.4) is 0 Å². The van der Waals surface area contributed by atoms with Gasteiger partial charge < -0.3 is 10.4 Å². The highest BCUT2D eigenvalue weighted by Gasteiger charge is 2.10. The minimum atomic E-state index is -0.421. The first-order valence-electron chi connectivity index (χ1n) is 6.34. The third kappa shape index (κ3) is 3.91. The lowest BCUT2D eigenvalue weighted by atomic mass is 10.1. The summed E-state index contributed by atoms with van der Waals surface area (Å²) in [7, 11) is 0. The van der Waals surface area contributed by atoms with E-state index in [1.54, 1.807) is 13.0 Å². The standard InChI is InChI=1S/C14H16BrN3O2/c1-9(19)6-7-16-14(20)13-8-12(17-18-13)10-2-4-11(15)5-3-10/h2-5,8-9,19H,6-7H2,1H3,(H,16,20)(H,17,18). The minimum Gasteiger partial charge on any atom is -0.393 e. The van der Waals surface area contributed by atoms with Crippen molar-refractivity contribution in [2.75, 3.05) is 6.54 Å². The molecule has 3 N–H and O–H groups in total. The Balaban J connectivity index is 2.01. The monoisotopic (exact) mass is 337 g/mol. The fraction of sp³-hybridized carbons (Fsp3) is 0.286. The second kappa shape index (κ2) is 6.67. The number of amides is 1. The molecule has 6 heteroatoms. The van der Waals surface area contributed by atoms with Gasteiger partial charge in [-0.2, -0.15) is 5.10 Å². The van der Waals surface area contributed by atoms with Crippen LogP contribution in [0.1, 0.15) is 23.8 Å². The van der Waals surface area contributed by atoms with Gasteiger partial charge in [0.25, 0.3) is 5.91 Å². The van der Waals surface area contributed by atoms with E-state index in [1.807, 2.05) is 24.3 Å². The van der Waals surface area contributed by atoms with Crippen LogP contribution in [0.2, 0.25) is 0 Å². The largest absolute Gasteiger partial charge is 0.393 e. The zero-order chi connectivity index (χ0) is 14.5. The first kappa shape index (κ1) is 14.7. The first-order valence-corrected chi connectivity index (χ1v) is 7.13. The van der Waals surface area contributed by atoms with Crippen molar-refractivity contribution >= 4 is 21.8 Å². The second-order valence-corrected chi connectivity index (χ2v) is 5.48. The minimum absolute atomic E-state index is 0.221. The Kier molecular flexibility index (Phi) is 4.92. The molecule has 106 valence electrons. The van der Waals surface area contributed by atoms with E-state index in [2.05, 4.69) is 31.4 Å². The van der Waals surface area contributed by atoms with Gasteiger partial charge in [-0.15, -0.1) is 0 Å². The van der Waals surface area contributed by atoms with Crippen molar-refractivity contribution in [3.05, 3.63) is 40.5 Å². The molecule has 1 aromatic heterocycles. The average molecular weight is 338 g/mol. The van der Waals surface area contributed by atoms with Crippen molar-refractivity contribution in [3.8, 4) is 11.3 Å². The fourth-order valence-electron chi connectivity index (χ4n) is 1.70. The number of carbonyl (C=O) groups excluding carboxylic acids is 1. The fourth-order valence-corrected chi connectivity index (χ4v) is 1.96. The summed E-state index contributed by atoms with van der Waals surface area (Å²) in [5.74, 6) is -0.221. The highest BCUT2D eigenvalue weighted by atomic mass is 79.9. The molecule has 2 aromatic rings. The maximum Gasteiger partial charge on any atom is 0.269 e.